The highest BCUT2D eigenvalue weighted by atomic mass is 16.5. The first-order chi connectivity index (χ1) is 5.62. The van der Waals surface area contributed by atoms with Gasteiger partial charge in [0.2, 0.25) is 0 Å². The average molecular weight is 173 g/mol. The zero-order valence-corrected chi connectivity index (χ0v) is 7.50. The van der Waals surface area contributed by atoms with Crippen molar-refractivity contribution in [2.45, 2.75) is 30.9 Å². The summed E-state index contributed by atoms with van der Waals surface area (Å²) in [5, 5.41) is 0. The zero-order valence-electron chi connectivity index (χ0n) is 7.50. The van der Waals surface area contributed by atoms with E-state index in [-0.39, 0.29) is 12.1 Å². The van der Waals surface area contributed by atoms with Gasteiger partial charge in [-0.1, -0.05) is 0 Å². The van der Waals surface area contributed by atoms with Crippen molar-refractivity contribution in [2.24, 2.45) is 5.73 Å². The molecule has 1 rings (SSSR count). The van der Waals surface area contributed by atoms with Crippen molar-refractivity contribution in [2.75, 3.05) is 14.2 Å². The van der Waals surface area contributed by atoms with Crippen molar-refractivity contribution in [1.29, 1.82) is 0 Å². The molecule has 4 heteroatoms. The lowest BCUT2D eigenvalue weighted by molar-refractivity contribution is -0.147. The Morgan fingerprint density at radius 3 is 2.67 bits per heavy atom. The molecular formula is C8H15NO3. The van der Waals surface area contributed by atoms with E-state index >= 15 is 0 Å². The molecule has 0 aromatic rings. The molecule has 0 saturated heterocycles. The van der Waals surface area contributed by atoms with Crippen LogP contribution in [0.5, 0.6) is 0 Å². The van der Waals surface area contributed by atoms with Gasteiger partial charge in [-0.15, -0.1) is 0 Å². The largest absolute Gasteiger partial charge is 0.468 e. The number of methoxy groups -OCH3 is 2. The van der Waals surface area contributed by atoms with Crippen LogP contribution in [0.1, 0.15) is 19.3 Å². The minimum atomic E-state index is -0.810. The number of hydrogen-bond acceptors (Lipinski definition) is 4. The van der Waals surface area contributed by atoms with Crippen LogP contribution in [0.25, 0.3) is 0 Å². The Balaban J connectivity index is 2.57. The summed E-state index contributed by atoms with van der Waals surface area (Å²) in [5.41, 5.74) is 5.01. The van der Waals surface area contributed by atoms with E-state index in [2.05, 4.69) is 4.74 Å². The lowest BCUT2D eigenvalue weighted by Gasteiger charge is -2.19. The highest BCUT2D eigenvalue weighted by Crippen LogP contribution is 2.30. The molecule has 0 spiro atoms. The van der Waals surface area contributed by atoms with Crippen LogP contribution in [-0.4, -0.2) is 31.8 Å². The predicted octanol–water partition coefficient (Wildman–Crippen LogP) is 0.0558. The summed E-state index contributed by atoms with van der Waals surface area (Å²) in [6.45, 7) is 0. The van der Waals surface area contributed by atoms with Crippen molar-refractivity contribution in [1.82, 2.24) is 0 Å². The fourth-order valence-corrected chi connectivity index (χ4v) is 1.62. The van der Waals surface area contributed by atoms with Gasteiger partial charge >= 0.3 is 5.97 Å². The molecule has 0 bridgehead atoms. The zero-order chi connectivity index (χ0) is 9.19. The summed E-state index contributed by atoms with van der Waals surface area (Å²) in [5.74, 6) is -0.331. The van der Waals surface area contributed by atoms with Gasteiger partial charge in [0.05, 0.1) is 13.2 Å². The third-order valence-corrected chi connectivity index (χ3v) is 2.43. The molecule has 0 aromatic heterocycles. The van der Waals surface area contributed by atoms with Crippen molar-refractivity contribution >= 4 is 5.97 Å². The fourth-order valence-electron chi connectivity index (χ4n) is 1.62. The third kappa shape index (κ3) is 1.59. The van der Waals surface area contributed by atoms with Gasteiger partial charge in [-0.2, -0.15) is 0 Å². The maximum Gasteiger partial charge on any atom is 0.325 e. The summed E-state index contributed by atoms with van der Waals surface area (Å²) in [6, 6.07) is 0. The van der Waals surface area contributed by atoms with Crippen LogP contribution >= 0.6 is 0 Å². The van der Waals surface area contributed by atoms with Crippen molar-refractivity contribution in [3.63, 3.8) is 0 Å². The molecule has 0 aromatic carbocycles. The third-order valence-electron chi connectivity index (χ3n) is 2.43. The van der Waals surface area contributed by atoms with E-state index in [0.717, 1.165) is 6.42 Å². The first-order valence-corrected chi connectivity index (χ1v) is 4.02. The molecule has 0 heterocycles. The van der Waals surface area contributed by atoms with Crippen LogP contribution in [0.15, 0.2) is 0 Å². The number of carbonyl (C=O) groups is 1. The standard InChI is InChI=1S/C8H15NO3/c1-11-6-3-4-8(9,5-6)7(10)12-2/h6H,3-5,9H2,1-2H3. The summed E-state index contributed by atoms with van der Waals surface area (Å²) in [7, 11) is 2.99. The highest BCUT2D eigenvalue weighted by molar-refractivity contribution is 5.80. The Bertz CT molecular complexity index is 183. The second kappa shape index (κ2) is 3.41. The maximum absolute atomic E-state index is 11.2. The van der Waals surface area contributed by atoms with Gasteiger partial charge in [0.1, 0.15) is 5.54 Å². The van der Waals surface area contributed by atoms with E-state index in [0.29, 0.717) is 12.8 Å². The molecule has 0 radical (unpaired) electrons. The van der Waals surface area contributed by atoms with Crippen molar-refractivity contribution in [3.8, 4) is 0 Å². The number of carbonyl (C=O) groups excluding carboxylic acids is 1. The molecule has 12 heavy (non-hydrogen) atoms. The second-order valence-corrected chi connectivity index (χ2v) is 3.25. The molecule has 0 aliphatic heterocycles. The Morgan fingerprint density at radius 2 is 2.25 bits per heavy atom. The number of hydrogen-bond donors (Lipinski definition) is 1. The smallest absolute Gasteiger partial charge is 0.325 e. The van der Waals surface area contributed by atoms with Crippen LogP contribution in [-0.2, 0) is 14.3 Å². The van der Waals surface area contributed by atoms with Crippen LogP contribution in [0.2, 0.25) is 0 Å². The summed E-state index contributed by atoms with van der Waals surface area (Å²) < 4.78 is 9.72. The summed E-state index contributed by atoms with van der Waals surface area (Å²) >= 11 is 0. The molecule has 70 valence electrons. The second-order valence-electron chi connectivity index (χ2n) is 3.25. The SMILES string of the molecule is COC(=O)C1(N)CCC(OC)C1. The van der Waals surface area contributed by atoms with E-state index in [1.165, 1.54) is 7.11 Å². The number of ether oxygens (including phenoxy) is 2. The summed E-state index contributed by atoms with van der Waals surface area (Å²) in [6.07, 6.45) is 2.16. The van der Waals surface area contributed by atoms with Gasteiger partial charge in [-0.25, -0.2) is 0 Å². The van der Waals surface area contributed by atoms with Gasteiger partial charge in [-0.05, 0) is 12.8 Å². The van der Waals surface area contributed by atoms with Crippen molar-refractivity contribution < 1.29 is 14.3 Å². The topological polar surface area (TPSA) is 61.5 Å². The van der Waals surface area contributed by atoms with Crippen molar-refractivity contribution in [3.05, 3.63) is 0 Å². The van der Waals surface area contributed by atoms with E-state index < -0.39 is 5.54 Å². The molecule has 1 fully saturated rings. The van der Waals surface area contributed by atoms with Crippen LogP contribution in [0.4, 0.5) is 0 Å². The number of esters is 1. The average Bonchev–Trinajstić information content (AvgIpc) is 2.47. The fraction of sp³-hybridized carbons (Fsp3) is 0.875. The molecular weight excluding hydrogens is 158 g/mol. The number of rotatable bonds is 2. The molecule has 4 nitrogen and oxygen atoms in total. The van der Waals surface area contributed by atoms with Gasteiger partial charge in [-0.3, -0.25) is 4.79 Å². The van der Waals surface area contributed by atoms with Gasteiger partial charge in [0.15, 0.2) is 0 Å². The molecule has 1 aliphatic rings. The Hall–Kier alpha value is -0.610. The highest BCUT2D eigenvalue weighted by Gasteiger charge is 2.43. The first kappa shape index (κ1) is 9.48. The number of nitrogens with two attached hydrogens (primary N) is 1. The lowest BCUT2D eigenvalue weighted by Crippen LogP contribution is -2.46. The monoisotopic (exact) mass is 173 g/mol. The first-order valence-electron chi connectivity index (χ1n) is 4.02. The summed E-state index contributed by atoms with van der Waals surface area (Å²) in [4.78, 5) is 11.2. The quantitative estimate of drug-likeness (QED) is 0.600. The van der Waals surface area contributed by atoms with E-state index in [4.69, 9.17) is 10.5 Å². The minimum Gasteiger partial charge on any atom is -0.468 e. The van der Waals surface area contributed by atoms with Crippen LogP contribution in [0.3, 0.4) is 0 Å². The minimum absolute atomic E-state index is 0.106. The van der Waals surface area contributed by atoms with E-state index in [1.54, 1.807) is 7.11 Å². The molecule has 0 amide bonds. The maximum atomic E-state index is 11.2. The van der Waals surface area contributed by atoms with Gasteiger partial charge in [0, 0.05) is 13.5 Å². The molecule has 2 N–H and O–H groups in total. The van der Waals surface area contributed by atoms with Crippen LogP contribution in [0, 0.1) is 0 Å². The normalized spacial score (nSPS) is 35.1. The van der Waals surface area contributed by atoms with E-state index in [9.17, 15) is 4.79 Å². The molecule has 2 unspecified atom stereocenters. The molecule has 2 atom stereocenters. The van der Waals surface area contributed by atoms with Gasteiger partial charge < -0.3 is 15.2 Å². The Morgan fingerprint density at radius 1 is 1.58 bits per heavy atom. The van der Waals surface area contributed by atoms with Gasteiger partial charge in [0.25, 0.3) is 0 Å². The Kier molecular flexibility index (Phi) is 2.69. The van der Waals surface area contributed by atoms with E-state index in [1.807, 2.05) is 0 Å². The lowest BCUT2D eigenvalue weighted by atomic mass is 10.00. The Labute approximate surface area is 72.0 Å². The molecule has 1 saturated carbocycles. The predicted molar refractivity (Wildman–Crippen MR) is 43.6 cm³/mol. The van der Waals surface area contributed by atoms with Crippen LogP contribution < -0.4 is 5.73 Å². The molecule has 1 aliphatic carbocycles.